The number of nitrogens with zero attached hydrogens (tertiary/aromatic N) is 4. The number of nitrogens with two attached hydrogens (primary N) is 2. The molecule has 0 atom stereocenters. The Hall–Kier alpha value is -0.880. The molecule has 4 N–H and O–H groups in total. The Balaban J connectivity index is 3.56. The first kappa shape index (κ1) is 13.1. The van der Waals surface area contributed by atoms with E-state index in [4.69, 9.17) is 11.5 Å². The molecule has 0 unspecified atom stereocenters. The van der Waals surface area contributed by atoms with Gasteiger partial charge in [0.2, 0.25) is 0 Å². The van der Waals surface area contributed by atoms with Crippen LogP contribution in [-0.4, -0.2) is 50.3 Å². The molecule has 0 aliphatic carbocycles. The molecule has 0 heterocycles. The van der Waals surface area contributed by atoms with Crippen LogP contribution in [0.1, 0.15) is 12.8 Å². The molecule has 84 valence electrons. The SMILES string of the molecule is CN(CCCN)/N=N/N(C)CCCN. The second-order valence-corrected chi connectivity index (χ2v) is 3.23. The molecule has 0 aromatic rings. The average molecular weight is 202 g/mol. The molecule has 0 rings (SSSR count). The largest absolute Gasteiger partial charge is 0.330 e. The quantitative estimate of drug-likeness (QED) is 0.423. The van der Waals surface area contributed by atoms with Crippen molar-refractivity contribution in [2.75, 3.05) is 40.3 Å². The molecule has 6 heteroatoms. The van der Waals surface area contributed by atoms with Gasteiger partial charge in [0.15, 0.2) is 0 Å². The summed E-state index contributed by atoms with van der Waals surface area (Å²) in [7, 11) is 3.77. The summed E-state index contributed by atoms with van der Waals surface area (Å²) >= 11 is 0. The fourth-order valence-electron chi connectivity index (χ4n) is 0.866. The summed E-state index contributed by atoms with van der Waals surface area (Å²) < 4.78 is 0. The highest BCUT2D eigenvalue weighted by Gasteiger charge is 1.94. The Bertz CT molecular complexity index is 133. The monoisotopic (exact) mass is 202 g/mol. The van der Waals surface area contributed by atoms with Crippen LogP contribution < -0.4 is 11.5 Å². The van der Waals surface area contributed by atoms with E-state index < -0.39 is 0 Å². The van der Waals surface area contributed by atoms with Crippen molar-refractivity contribution >= 4 is 0 Å². The van der Waals surface area contributed by atoms with Crippen molar-refractivity contribution in [2.24, 2.45) is 21.9 Å². The van der Waals surface area contributed by atoms with Crippen molar-refractivity contribution < 1.29 is 0 Å². The zero-order chi connectivity index (χ0) is 10.8. The normalized spacial score (nSPS) is 10.9. The predicted molar refractivity (Wildman–Crippen MR) is 57.5 cm³/mol. The molecule has 0 aromatic heterocycles. The average Bonchev–Trinajstić information content (AvgIpc) is 2.20. The highest BCUT2D eigenvalue weighted by Crippen LogP contribution is 1.92. The van der Waals surface area contributed by atoms with Crippen molar-refractivity contribution in [1.82, 2.24) is 10.0 Å². The summed E-state index contributed by atoms with van der Waals surface area (Å²) in [5, 5.41) is 11.6. The first-order valence-corrected chi connectivity index (χ1v) is 4.94. The molecule has 0 saturated heterocycles. The zero-order valence-corrected chi connectivity index (χ0v) is 9.19. The van der Waals surface area contributed by atoms with Crippen molar-refractivity contribution in [2.45, 2.75) is 12.8 Å². The minimum absolute atomic E-state index is 0.683. The van der Waals surface area contributed by atoms with E-state index >= 15 is 0 Å². The minimum Gasteiger partial charge on any atom is -0.330 e. The summed E-state index contributed by atoms with van der Waals surface area (Å²) in [5.74, 6) is 0. The van der Waals surface area contributed by atoms with Gasteiger partial charge in [-0.1, -0.05) is 10.4 Å². The topological polar surface area (TPSA) is 83.2 Å². The lowest BCUT2D eigenvalue weighted by Crippen LogP contribution is -2.19. The zero-order valence-electron chi connectivity index (χ0n) is 9.19. The second-order valence-electron chi connectivity index (χ2n) is 3.23. The van der Waals surface area contributed by atoms with Crippen LogP contribution in [0.25, 0.3) is 0 Å². The van der Waals surface area contributed by atoms with Gasteiger partial charge in [0.05, 0.1) is 0 Å². The van der Waals surface area contributed by atoms with E-state index in [1.165, 1.54) is 0 Å². The van der Waals surface area contributed by atoms with Crippen LogP contribution in [0.15, 0.2) is 10.4 Å². The van der Waals surface area contributed by atoms with Gasteiger partial charge < -0.3 is 11.5 Å². The molecule has 0 saturated carbocycles. The maximum absolute atomic E-state index is 5.38. The molecule has 6 nitrogen and oxygen atoms in total. The maximum Gasteiger partial charge on any atom is 0.0386 e. The van der Waals surface area contributed by atoms with Crippen LogP contribution in [0.4, 0.5) is 0 Å². The lowest BCUT2D eigenvalue weighted by atomic mass is 10.4. The van der Waals surface area contributed by atoms with Gasteiger partial charge >= 0.3 is 0 Å². The molecule has 0 spiro atoms. The third-order valence-corrected chi connectivity index (χ3v) is 1.72. The van der Waals surface area contributed by atoms with Gasteiger partial charge in [-0.25, -0.2) is 0 Å². The molecule has 0 fully saturated rings. The molecule has 0 aromatic carbocycles. The van der Waals surface area contributed by atoms with E-state index in [0.717, 1.165) is 25.9 Å². The Morgan fingerprint density at radius 1 is 0.857 bits per heavy atom. The van der Waals surface area contributed by atoms with Gasteiger partial charge in [-0.05, 0) is 25.9 Å². The highest BCUT2D eigenvalue weighted by atomic mass is 15.7. The van der Waals surface area contributed by atoms with Crippen molar-refractivity contribution in [1.29, 1.82) is 0 Å². The van der Waals surface area contributed by atoms with Crippen LogP contribution in [0.5, 0.6) is 0 Å². The lowest BCUT2D eigenvalue weighted by molar-refractivity contribution is 0.247. The van der Waals surface area contributed by atoms with Crippen molar-refractivity contribution in [3.63, 3.8) is 0 Å². The first-order chi connectivity index (χ1) is 6.70. The molecule has 14 heavy (non-hydrogen) atoms. The third-order valence-electron chi connectivity index (χ3n) is 1.72. The van der Waals surface area contributed by atoms with E-state index in [9.17, 15) is 0 Å². The minimum atomic E-state index is 0.683. The highest BCUT2D eigenvalue weighted by molar-refractivity contribution is 4.45. The molecular formula is C8H22N6. The Morgan fingerprint density at radius 3 is 1.50 bits per heavy atom. The molecule has 0 amide bonds. The fraction of sp³-hybridized carbons (Fsp3) is 1.00. The molecule has 0 radical (unpaired) electrons. The van der Waals surface area contributed by atoms with Crippen LogP contribution in [0.2, 0.25) is 0 Å². The fourth-order valence-corrected chi connectivity index (χ4v) is 0.866. The number of hydrogen-bond acceptors (Lipinski definition) is 4. The van der Waals surface area contributed by atoms with Gasteiger partial charge in [-0.3, -0.25) is 10.0 Å². The summed E-state index contributed by atoms with van der Waals surface area (Å²) in [6.07, 6.45) is 1.87. The summed E-state index contributed by atoms with van der Waals surface area (Å²) in [4.78, 5) is 0. The molecule has 0 aliphatic rings. The Kier molecular flexibility index (Phi) is 8.16. The molecular weight excluding hydrogens is 180 g/mol. The van der Waals surface area contributed by atoms with Gasteiger partial charge in [-0.15, -0.1) is 0 Å². The van der Waals surface area contributed by atoms with E-state index in [-0.39, 0.29) is 0 Å². The van der Waals surface area contributed by atoms with Crippen LogP contribution in [0.3, 0.4) is 0 Å². The smallest absolute Gasteiger partial charge is 0.0386 e. The third kappa shape index (κ3) is 7.75. The van der Waals surface area contributed by atoms with Gasteiger partial charge in [0.1, 0.15) is 0 Å². The maximum atomic E-state index is 5.38. The van der Waals surface area contributed by atoms with Crippen molar-refractivity contribution in [3.8, 4) is 0 Å². The first-order valence-electron chi connectivity index (χ1n) is 4.94. The van der Waals surface area contributed by atoms with E-state index in [1.54, 1.807) is 10.0 Å². The summed E-state index contributed by atoms with van der Waals surface area (Å²) in [5.41, 5.74) is 10.8. The standard InChI is InChI=1S/C8H22N6/c1-13(7-3-5-9)11-12-14(2)8-4-6-10/h3-10H2,1-2H3/b12-11+. The Morgan fingerprint density at radius 2 is 1.21 bits per heavy atom. The van der Waals surface area contributed by atoms with E-state index in [2.05, 4.69) is 10.4 Å². The van der Waals surface area contributed by atoms with Crippen LogP contribution in [0, 0.1) is 0 Å². The summed E-state index contributed by atoms with van der Waals surface area (Å²) in [6, 6.07) is 0. The number of hydrogen-bond donors (Lipinski definition) is 2. The van der Waals surface area contributed by atoms with Crippen LogP contribution in [-0.2, 0) is 0 Å². The van der Waals surface area contributed by atoms with E-state index in [1.807, 2.05) is 14.1 Å². The summed E-state index contributed by atoms with van der Waals surface area (Å²) in [6.45, 7) is 3.04. The lowest BCUT2D eigenvalue weighted by Gasteiger charge is -2.14. The van der Waals surface area contributed by atoms with Crippen LogP contribution >= 0.6 is 0 Å². The van der Waals surface area contributed by atoms with Gasteiger partial charge in [0, 0.05) is 27.2 Å². The second kappa shape index (κ2) is 8.71. The Labute approximate surface area is 85.9 Å². The number of rotatable bonds is 8. The predicted octanol–water partition coefficient (Wildman–Crippen LogP) is -0.170. The molecule has 0 aliphatic heterocycles. The molecule has 0 bridgehead atoms. The van der Waals surface area contributed by atoms with Gasteiger partial charge in [-0.2, -0.15) is 0 Å². The van der Waals surface area contributed by atoms with Crippen molar-refractivity contribution in [3.05, 3.63) is 0 Å². The van der Waals surface area contributed by atoms with Gasteiger partial charge in [0.25, 0.3) is 0 Å². The van der Waals surface area contributed by atoms with E-state index in [0.29, 0.717) is 13.1 Å².